The zero-order chi connectivity index (χ0) is 15.0. The van der Waals surface area contributed by atoms with Gasteiger partial charge in [-0.25, -0.2) is 0 Å². The van der Waals surface area contributed by atoms with Crippen molar-refractivity contribution in [2.75, 3.05) is 0 Å². The fourth-order valence-corrected chi connectivity index (χ4v) is 2.39. The lowest BCUT2D eigenvalue weighted by atomic mass is 9.91. The summed E-state index contributed by atoms with van der Waals surface area (Å²) in [6, 6.07) is 0. The van der Waals surface area contributed by atoms with Gasteiger partial charge in [0.25, 0.3) is 0 Å². The minimum atomic E-state index is -0.814. The number of aliphatic carboxylic acids is 1. The molecule has 4 heteroatoms. The van der Waals surface area contributed by atoms with Crippen LogP contribution in [0, 0.1) is 11.8 Å². The second-order valence-corrected chi connectivity index (χ2v) is 5.09. The summed E-state index contributed by atoms with van der Waals surface area (Å²) in [4.78, 5) is 33.5. The average molecular weight is 278 g/mol. The monoisotopic (exact) mass is 278 g/mol. The molecule has 1 fully saturated rings. The van der Waals surface area contributed by atoms with Gasteiger partial charge in [0.1, 0.15) is 5.78 Å². The van der Waals surface area contributed by atoms with Crippen LogP contribution in [-0.4, -0.2) is 22.6 Å². The minimum absolute atomic E-state index is 0.0583. The van der Waals surface area contributed by atoms with Crippen LogP contribution in [-0.2, 0) is 14.4 Å². The van der Waals surface area contributed by atoms with E-state index in [1.165, 1.54) is 0 Å². The Morgan fingerprint density at radius 2 is 2.10 bits per heavy atom. The third-order valence-electron chi connectivity index (χ3n) is 3.61. The Morgan fingerprint density at radius 1 is 1.35 bits per heavy atom. The Labute approximate surface area is 119 Å². The topological polar surface area (TPSA) is 71.4 Å². The van der Waals surface area contributed by atoms with Gasteiger partial charge >= 0.3 is 5.97 Å². The third-order valence-corrected chi connectivity index (χ3v) is 3.61. The van der Waals surface area contributed by atoms with E-state index in [-0.39, 0.29) is 29.8 Å². The van der Waals surface area contributed by atoms with E-state index in [1.807, 2.05) is 25.2 Å². The van der Waals surface area contributed by atoms with Crippen LogP contribution < -0.4 is 0 Å². The number of rotatable bonds is 8. The Balaban J connectivity index is 2.48. The fraction of sp³-hybridized carbons (Fsp3) is 0.562. The molecule has 1 aliphatic carbocycles. The first-order valence-corrected chi connectivity index (χ1v) is 7.15. The maximum atomic E-state index is 11.8. The van der Waals surface area contributed by atoms with E-state index in [2.05, 4.69) is 0 Å². The lowest BCUT2D eigenvalue weighted by molar-refractivity contribution is -0.137. The van der Waals surface area contributed by atoms with Gasteiger partial charge in [-0.2, -0.15) is 0 Å². The van der Waals surface area contributed by atoms with Gasteiger partial charge in [0.2, 0.25) is 0 Å². The van der Waals surface area contributed by atoms with Gasteiger partial charge in [-0.15, -0.1) is 0 Å². The number of hydrogen-bond donors (Lipinski definition) is 1. The molecule has 0 aromatic carbocycles. The van der Waals surface area contributed by atoms with Crippen LogP contribution >= 0.6 is 0 Å². The number of carboxylic acid groups (broad SMARTS) is 1. The lowest BCUT2D eigenvalue weighted by Gasteiger charge is -2.12. The highest BCUT2D eigenvalue weighted by molar-refractivity contribution is 5.90. The van der Waals surface area contributed by atoms with E-state index < -0.39 is 5.97 Å². The van der Waals surface area contributed by atoms with Crippen LogP contribution in [0.15, 0.2) is 24.3 Å². The van der Waals surface area contributed by atoms with E-state index in [0.717, 1.165) is 6.42 Å². The minimum Gasteiger partial charge on any atom is -0.481 e. The molecule has 20 heavy (non-hydrogen) atoms. The molecule has 0 aromatic rings. The summed E-state index contributed by atoms with van der Waals surface area (Å²) < 4.78 is 0. The summed E-state index contributed by atoms with van der Waals surface area (Å²) in [5.74, 6) is -0.406. The normalized spacial score (nSPS) is 22.9. The first-order chi connectivity index (χ1) is 9.54. The number of carbonyl (C=O) groups is 3. The Hall–Kier alpha value is -1.71. The van der Waals surface area contributed by atoms with Crippen molar-refractivity contribution in [3.05, 3.63) is 24.3 Å². The predicted molar refractivity (Wildman–Crippen MR) is 76.3 cm³/mol. The van der Waals surface area contributed by atoms with E-state index >= 15 is 0 Å². The van der Waals surface area contributed by atoms with E-state index in [1.54, 1.807) is 6.08 Å². The van der Waals surface area contributed by atoms with Crippen LogP contribution in [0.25, 0.3) is 0 Å². The highest BCUT2D eigenvalue weighted by Crippen LogP contribution is 2.32. The van der Waals surface area contributed by atoms with Crippen molar-refractivity contribution in [3.63, 3.8) is 0 Å². The van der Waals surface area contributed by atoms with Gasteiger partial charge < -0.3 is 5.11 Å². The summed E-state index contributed by atoms with van der Waals surface area (Å²) in [5, 5.41) is 8.52. The fourth-order valence-electron chi connectivity index (χ4n) is 2.39. The summed E-state index contributed by atoms with van der Waals surface area (Å²) in [6.07, 6.45) is 10.3. The highest BCUT2D eigenvalue weighted by atomic mass is 16.4. The van der Waals surface area contributed by atoms with Crippen molar-refractivity contribution in [1.82, 2.24) is 0 Å². The standard InChI is InChI=1S/C16H22O4/c1-2-13(17)10-8-12-9-11-15(18)14(12)6-4-3-5-7-16(19)20/h3-4,8,10,12,14H,2,5-7,9,11H2,1H3,(H,19,20). The molecule has 0 saturated heterocycles. The van der Waals surface area contributed by atoms with Gasteiger partial charge in [-0.1, -0.05) is 25.2 Å². The van der Waals surface area contributed by atoms with Crippen LogP contribution in [0.1, 0.15) is 45.4 Å². The van der Waals surface area contributed by atoms with Crippen LogP contribution in [0.5, 0.6) is 0 Å². The second kappa shape index (κ2) is 8.46. The number of Topliss-reactive ketones (excluding diaryl/α,β-unsaturated/α-hetero) is 1. The van der Waals surface area contributed by atoms with Gasteiger partial charge in [0.15, 0.2) is 5.78 Å². The SMILES string of the molecule is CCC(=O)C=CC1CCC(=O)C1CC=CCCC(=O)O. The number of ketones is 2. The molecule has 2 unspecified atom stereocenters. The van der Waals surface area contributed by atoms with Crippen molar-refractivity contribution in [2.24, 2.45) is 11.8 Å². The van der Waals surface area contributed by atoms with Gasteiger partial charge in [0.05, 0.1) is 0 Å². The second-order valence-electron chi connectivity index (χ2n) is 5.09. The molecule has 0 radical (unpaired) electrons. The molecule has 1 aliphatic rings. The van der Waals surface area contributed by atoms with E-state index in [9.17, 15) is 14.4 Å². The Bertz CT molecular complexity index is 420. The molecule has 110 valence electrons. The molecule has 0 aromatic heterocycles. The quantitative estimate of drug-likeness (QED) is 0.547. The molecule has 0 amide bonds. The summed E-state index contributed by atoms with van der Waals surface area (Å²) in [5.41, 5.74) is 0. The maximum Gasteiger partial charge on any atom is 0.303 e. The van der Waals surface area contributed by atoms with Crippen molar-refractivity contribution >= 4 is 17.5 Å². The van der Waals surface area contributed by atoms with Gasteiger partial charge in [0, 0.05) is 25.2 Å². The smallest absolute Gasteiger partial charge is 0.303 e. The first kappa shape index (κ1) is 16.3. The molecule has 0 spiro atoms. The molecule has 2 atom stereocenters. The van der Waals surface area contributed by atoms with E-state index in [0.29, 0.717) is 25.7 Å². The number of hydrogen-bond acceptors (Lipinski definition) is 3. The zero-order valence-corrected chi connectivity index (χ0v) is 11.9. The van der Waals surface area contributed by atoms with Crippen molar-refractivity contribution in [3.8, 4) is 0 Å². The molecular formula is C16H22O4. The number of allylic oxidation sites excluding steroid dienone is 4. The molecular weight excluding hydrogens is 256 g/mol. The molecule has 1 rings (SSSR count). The largest absolute Gasteiger partial charge is 0.481 e. The lowest BCUT2D eigenvalue weighted by Crippen LogP contribution is -2.12. The summed E-state index contributed by atoms with van der Waals surface area (Å²) >= 11 is 0. The summed E-state index contributed by atoms with van der Waals surface area (Å²) in [6.45, 7) is 1.81. The third kappa shape index (κ3) is 5.51. The Morgan fingerprint density at radius 3 is 2.75 bits per heavy atom. The predicted octanol–water partition coefficient (Wildman–Crippen LogP) is 2.93. The number of carboxylic acids is 1. The zero-order valence-electron chi connectivity index (χ0n) is 11.9. The van der Waals surface area contributed by atoms with Gasteiger partial charge in [-0.05, 0) is 31.3 Å². The molecule has 0 bridgehead atoms. The van der Waals surface area contributed by atoms with Crippen LogP contribution in [0.2, 0.25) is 0 Å². The summed E-state index contributed by atoms with van der Waals surface area (Å²) in [7, 11) is 0. The molecule has 0 aliphatic heterocycles. The van der Waals surface area contributed by atoms with Crippen molar-refractivity contribution in [1.29, 1.82) is 0 Å². The van der Waals surface area contributed by atoms with Crippen molar-refractivity contribution < 1.29 is 19.5 Å². The Kier molecular flexibility index (Phi) is 6.91. The molecule has 4 nitrogen and oxygen atoms in total. The maximum absolute atomic E-state index is 11.8. The van der Waals surface area contributed by atoms with E-state index in [4.69, 9.17) is 5.11 Å². The average Bonchev–Trinajstić information content (AvgIpc) is 2.76. The molecule has 1 N–H and O–H groups in total. The van der Waals surface area contributed by atoms with Gasteiger partial charge in [-0.3, -0.25) is 14.4 Å². The molecule has 0 heterocycles. The van der Waals surface area contributed by atoms with Crippen LogP contribution in [0.3, 0.4) is 0 Å². The highest BCUT2D eigenvalue weighted by Gasteiger charge is 2.31. The van der Waals surface area contributed by atoms with Crippen molar-refractivity contribution in [2.45, 2.75) is 45.4 Å². The number of carbonyl (C=O) groups excluding carboxylic acids is 2. The first-order valence-electron chi connectivity index (χ1n) is 7.15. The van der Waals surface area contributed by atoms with Crippen LogP contribution in [0.4, 0.5) is 0 Å². The molecule has 1 saturated carbocycles.